The zero-order valence-corrected chi connectivity index (χ0v) is 14.6. The van der Waals surface area contributed by atoms with Crippen molar-refractivity contribution in [2.75, 3.05) is 12.4 Å². The number of esters is 1. The standard InChI is InChI=1S/C17H18N2O5S/c1-10(15(21)19-16-13(14(18)20)6-7-25-16)24-17(22)12-5-3-4-11(8-12)9-23-2/h3-8,10H,9H2,1-2H3,(H2,18,20)(H,19,21)/t10-/m1/s1. The van der Waals surface area contributed by atoms with Crippen LogP contribution in [0.3, 0.4) is 0 Å². The monoisotopic (exact) mass is 362 g/mol. The van der Waals surface area contributed by atoms with Crippen LogP contribution in [0.15, 0.2) is 35.7 Å². The van der Waals surface area contributed by atoms with Gasteiger partial charge < -0.3 is 20.5 Å². The highest BCUT2D eigenvalue weighted by Gasteiger charge is 2.21. The highest BCUT2D eigenvalue weighted by atomic mass is 32.1. The molecule has 1 atom stereocenters. The minimum absolute atomic E-state index is 0.212. The summed E-state index contributed by atoms with van der Waals surface area (Å²) < 4.78 is 10.2. The van der Waals surface area contributed by atoms with Gasteiger partial charge in [0.1, 0.15) is 5.00 Å². The van der Waals surface area contributed by atoms with Gasteiger partial charge in [-0.05, 0) is 36.1 Å². The zero-order valence-electron chi connectivity index (χ0n) is 13.8. The maximum atomic E-state index is 12.2. The Kier molecular flexibility index (Phi) is 6.26. The van der Waals surface area contributed by atoms with E-state index in [1.165, 1.54) is 13.0 Å². The van der Waals surface area contributed by atoms with E-state index in [9.17, 15) is 14.4 Å². The molecule has 1 aromatic heterocycles. The number of benzene rings is 1. The molecule has 0 radical (unpaired) electrons. The molecule has 2 amide bonds. The van der Waals surface area contributed by atoms with Gasteiger partial charge in [-0.1, -0.05) is 12.1 Å². The van der Waals surface area contributed by atoms with E-state index in [1.807, 2.05) is 6.07 Å². The van der Waals surface area contributed by atoms with E-state index in [1.54, 1.807) is 30.7 Å². The number of hydrogen-bond acceptors (Lipinski definition) is 6. The first kappa shape index (κ1) is 18.6. The number of amides is 2. The molecule has 0 aliphatic heterocycles. The minimum Gasteiger partial charge on any atom is -0.449 e. The fraction of sp³-hybridized carbons (Fsp3) is 0.235. The second-order valence-corrected chi connectivity index (χ2v) is 6.11. The SMILES string of the molecule is COCc1cccc(C(=O)O[C@H](C)C(=O)Nc2sccc2C(N)=O)c1. The van der Waals surface area contributed by atoms with Gasteiger partial charge in [0.25, 0.3) is 11.8 Å². The van der Waals surface area contributed by atoms with Gasteiger partial charge in [-0.2, -0.15) is 0 Å². The number of anilines is 1. The van der Waals surface area contributed by atoms with Gasteiger partial charge in [0.2, 0.25) is 0 Å². The summed E-state index contributed by atoms with van der Waals surface area (Å²) in [6.07, 6.45) is -1.04. The molecular formula is C17H18N2O5S. The second-order valence-electron chi connectivity index (χ2n) is 5.20. The van der Waals surface area contributed by atoms with E-state index in [4.69, 9.17) is 15.2 Å². The highest BCUT2D eigenvalue weighted by Crippen LogP contribution is 2.23. The van der Waals surface area contributed by atoms with Crippen LogP contribution in [0.2, 0.25) is 0 Å². The first-order valence-corrected chi connectivity index (χ1v) is 8.27. The lowest BCUT2D eigenvalue weighted by Crippen LogP contribution is -2.30. The summed E-state index contributed by atoms with van der Waals surface area (Å²) in [6.45, 7) is 1.81. The van der Waals surface area contributed by atoms with Gasteiger partial charge >= 0.3 is 5.97 Å². The number of rotatable bonds is 7. The van der Waals surface area contributed by atoms with Crippen LogP contribution in [0.25, 0.3) is 0 Å². The summed E-state index contributed by atoms with van der Waals surface area (Å²) in [5, 5.41) is 4.50. The predicted molar refractivity (Wildman–Crippen MR) is 93.5 cm³/mol. The molecule has 2 aromatic rings. The number of ether oxygens (including phenoxy) is 2. The fourth-order valence-corrected chi connectivity index (χ4v) is 2.85. The smallest absolute Gasteiger partial charge is 0.338 e. The van der Waals surface area contributed by atoms with Crippen LogP contribution in [0.5, 0.6) is 0 Å². The van der Waals surface area contributed by atoms with Crippen molar-refractivity contribution in [2.45, 2.75) is 19.6 Å². The Labute approximate surface area is 148 Å². The van der Waals surface area contributed by atoms with Crippen molar-refractivity contribution in [3.63, 3.8) is 0 Å². The molecule has 0 spiro atoms. The Hall–Kier alpha value is -2.71. The highest BCUT2D eigenvalue weighted by molar-refractivity contribution is 7.14. The number of hydrogen-bond donors (Lipinski definition) is 2. The lowest BCUT2D eigenvalue weighted by atomic mass is 10.1. The summed E-state index contributed by atoms with van der Waals surface area (Å²) in [5.41, 5.74) is 6.58. The number of nitrogens with one attached hydrogen (secondary N) is 1. The van der Waals surface area contributed by atoms with Crippen molar-refractivity contribution in [3.8, 4) is 0 Å². The van der Waals surface area contributed by atoms with Crippen molar-refractivity contribution in [2.24, 2.45) is 5.73 Å². The van der Waals surface area contributed by atoms with Gasteiger partial charge in [0.05, 0.1) is 17.7 Å². The Bertz CT molecular complexity index is 787. The molecule has 8 heteroatoms. The summed E-state index contributed by atoms with van der Waals surface area (Å²) in [6, 6.07) is 8.27. The molecule has 0 fully saturated rings. The van der Waals surface area contributed by atoms with Crippen LogP contribution in [0.1, 0.15) is 33.2 Å². The molecule has 0 saturated heterocycles. The summed E-state index contributed by atoms with van der Waals surface area (Å²) in [4.78, 5) is 35.6. The molecule has 0 saturated carbocycles. The average Bonchev–Trinajstić information content (AvgIpc) is 3.03. The van der Waals surface area contributed by atoms with Gasteiger partial charge in [-0.25, -0.2) is 4.79 Å². The van der Waals surface area contributed by atoms with E-state index in [-0.39, 0.29) is 5.56 Å². The Morgan fingerprint density at radius 1 is 1.28 bits per heavy atom. The Morgan fingerprint density at radius 3 is 2.72 bits per heavy atom. The summed E-state index contributed by atoms with van der Waals surface area (Å²) >= 11 is 1.16. The van der Waals surface area contributed by atoms with E-state index in [2.05, 4.69) is 5.32 Å². The van der Waals surface area contributed by atoms with Crippen LogP contribution < -0.4 is 11.1 Å². The molecule has 0 unspecified atom stereocenters. The van der Waals surface area contributed by atoms with Gasteiger partial charge in [0, 0.05) is 7.11 Å². The lowest BCUT2D eigenvalue weighted by molar-refractivity contribution is -0.123. The quantitative estimate of drug-likeness (QED) is 0.734. The molecule has 1 heterocycles. The van der Waals surface area contributed by atoms with Crippen LogP contribution in [0.4, 0.5) is 5.00 Å². The van der Waals surface area contributed by atoms with Crippen LogP contribution in [0, 0.1) is 0 Å². The maximum Gasteiger partial charge on any atom is 0.338 e. The Morgan fingerprint density at radius 2 is 2.04 bits per heavy atom. The molecular weight excluding hydrogens is 344 g/mol. The molecule has 0 aliphatic rings. The van der Waals surface area contributed by atoms with Crippen LogP contribution in [-0.2, 0) is 20.9 Å². The van der Waals surface area contributed by atoms with E-state index in [0.29, 0.717) is 17.2 Å². The molecule has 2 rings (SSSR count). The first-order valence-electron chi connectivity index (χ1n) is 7.39. The minimum atomic E-state index is -1.04. The van der Waals surface area contributed by atoms with Gasteiger partial charge in [-0.3, -0.25) is 9.59 Å². The predicted octanol–water partition coefficient (Wildman–Crippen LogP) is 2.18. The number of primary amides is 1. The molecule has 132 valence electrons. The third kappa shape index (κ3) is 4.88. The molecule has 0 aliphatic carbocycles. The zero-order chi connectivity index (χ0) is 18.4. The topological polar surface area (TPSA) is 108 Å². The number of nitrogens with two attached hydrogens (primary N) is 1. The largest absolute Gasteiger partial charge is 0.449 e. The molecule has 7 nitrogen and oxygen atoms in total. The summed E-state index contributed by atoms with van der Waals surface area (Å²) in [5.74, 6) is -1.82. The average molecular weight is 362 g/mol. The molecule has 3 N–H and O–H groups in total. The van der Waals surface area contributed by atoms with Crippen molar-refractivity contribution >= 4 is 34.1 Å². The van der Waals surface area contributed by atoms with Crippen molar-refractivity contribution in [1.82, 2.24) is 0 Å². The lowest BCUT2D eigenvalue weighted by Gasteiger charge is -2.13. The summed E-state index contributed by atoms with van der Waals surface area (Å²) in [7, 11) is 1.56. The van der Waals surface area contributed by atoms with Crippen molar-refractivity contribution in [3.05, 3.63) is 52.4 Å². The van der Waals surface area contributed by atoms with Gasteiger partial charge in [0.15, 0.2) is 6.10 Å². The van der Waals surface area contributed by atoms with Crippen LogP contribution in [-0.4, -0.2) is 31.0 Å². The second kappa shape index (κ2) is 8.41. The normalized spacial score (nSPS) is 11.6. The Balaban J connectivity index is 2.00. The van der Waals surface area contributed by atoms with Gasteiger partial charge in [-0.15, -0.1) is 11.3 Å². The van der Waals surface area contributed by atoms with Crippen molar-refractivity contribution in [1.29, 1.82) is 0 Å². The van der Waals surface area contributed by atoms with Crippen LogP contribution >= 0.6 is 11.3 Å². The third-order valence-corrected chi connectivity index (χ3v) is 4.12. The number of methoxy groups -OCH3 is 1. The first-order chi connectivity index (χ1) is 11.9. The molecule has 0 bridgehead atoms. The fourth-order valence-electron chi connectivity index (χ4n) is 2.05. The van der Waals surface area contributed by atoms with Crippen molar-refractivity contribution < 1.29 is 23.9 Å². The third-order valence-electron chi connectivity index (χ3n) is 3.29. The number of carbonyl (C=O) groups excluding carboxylic acids is 3. The number of carbonyl (C=O) groups is 3. The van der Waals surface area contributed by atoms with E-state index >= 15 is 0 Å². The molecule has 25 heavy (non-hydrogen) atoms. The maximum absolute atomic E-state index is 12.2. The van der Waals surface area contributed by atoms with E-state index in [0.717, 1.165) is 16.9 Å². The number of thiophene rings is 1. The van der Waals surface area contributed by atoms with E-state index < -0.39 is 23.9 Å². The molecule has 1 aromatic carbocycles.